The van der Waals surface area contributed by atoms with Gasteiger partial charge < -0.3 is 0 Å². The van der Waals surface area contributed by atoms with Gasteiger partial charge in [-0.3, -0.25) is 9.59 Å². The lowest BCUT2D eigenvalue weighted by Gasteiger charge is -2.29. The number of carbonyl (C=O) groups excluding carboxylic acids is 2. The molecule has 13 heavy (non-hydrogen) atoms. The molecule has 0 saturated heterocycles. The summed E-state index contributed by atoms with van der Waals surface area (Å²) in [7, 11) is 0. The van der Waals surface area contributed by atoms with Gasteiger partial charge in [-0.2, -0.15) is 0 Å². The van der Waals surface area contributed by atoms with Gasteiger partial charge in [0, 0.05) is 12.3 Å². The molecule has 0 aromatic heterocycles. The van der Waals surface area contributed by atoms with Crippen molar-refractivity contribution in [1.29, 1.82) is 0 Å². The minimum absolute atomic E-state index is 0.0942. The van der Waals surface area contributed by atoms with Crippen molar-refractivity contribution in [3.63, 3.8) is 0 Å². The summed E-state index contributed by atoms with van der Waals surface area (Å²) < 4.78 is 0. The molecule has 0 spiro atoms. The number of carbonyl (C=O) groups is 2. The fraction of sp³-hybridized carbons (Fsp3) is 0.818. The first-order valence-electron chi connectivity index (χ1n) is 5.14. The maximum Gasteiger partial charge on any atom is 0.146 e. The van der Waals surface area contributed by atoms with Gasteiger partial charge >= 0.3 is 0 Å². The highest BCUT2D eigenvalue weighted by molar-refractivity contribution is 6.03. The zero-order valence-electron chi connectivity index (χ0n) is 8.67. The van der Waals surface area contributed by atoms with Crippen LogP contribution in [0.15, 0.2) is 0 Å². The predicted molar refractivity (Wildman–Crippen MR) is 51.4 cm³/mol. The summed E-state index contributed by atoms with van der Waals surface area (Å²) in [5.74, 6) is 0.358. The molecule has 3 atom stereocenters. The van der Waals surface area contributed by atoms with Crippen molar-refractivity contribution in [2.24, 2.45) is 17.8 Å². The lowest BCUT2D eigenvalue weighted by Crippen LogP contribution is -2.37. The van der Waals surface area contributed by atoms with E-state index in [1.807, 2.05) is 20.8 Å². The Kier molecular flexibility index (Phi) is 3.23. The van der Waals surface area contributed by atoms with E-state index in [0.717, 1.165) is 12.8 Å². The number of hydrogen-bond donors (Lipinski definition) is 0. The maximum atomic E-state index is 11.7. The number of ketones is 2. The number of Topliss-reactive ketones (excluding diaryl/α,β-unsaturated/α-hetero) is 2. The Balaban J connectivity index is 2.78. The molecule has 1 saturated carbocycles. The van der Waals surface area contributed by atoms with Crippen molar-refractivity contribution in [2.75, 3.05) is 0 Å². The Bertz CT molecular complexity index is 220. The van der Waals surface area contributed by atoms with E-state index in [1.54, 1.807) is 0 Å². The predicted octanol–water partition coefficient (Wildman–Crippen LogP) is 2.22. The molecule has 0 aromatic rings. The molecule has 1 aliphatic rings. The lowest BCUT2D eigenvalue weighted by atomic mass is 9.72. The highest BCUT2D eigenvalue weighted by atomic mass is 16.2. The Morgan fingerprint density at radius 3 is 2.54 bits per heavy atom. The van der Waals surface area contributed by atoms with Gasteiger partial charge in [-0.25, -0.2) is 0 Å². The second-order valence-corrected chi connectivity index (χ2v) is 4.16. The van der Waals surface area contributed by atoms with E-state index in [2.05, 4.69) is 0 Å². The smallest absolute Gasteiger partial charge is 0.146 e. The SMILES string of the molecule is CCC(=O)C1C(=O)C(C)CCC1C. The van der Waals surface area contributed by atoms with Crippen LogP contribution in [0.1, 0.15) is 40.0 Å². The molecule has 3 unspecified atom stereocenters. The summed E-state index contributed by atoms with van der Waals surface area (Å²) in [4.78, 5) is 23.2. The minimum atomic E-state index is -0.297. The Morgan fingerprint density at radius 1 is 1.38 bits per heavy atom. The first kappa shape index (κ1) is 10.4. The van der Waals surface area contributed by atoms with Crippen LogP contribution in [0.25, 0.3) is 0 Å². The van der Waals surface area contributed by atoms with Crippen molar-refractivity contribution in [3.05, 3.63) is 0 Å². The quantitative estimate of drug-likeness (QED) is 0.614. The van der Waals surface area contributed by atoms with E-state index in [9.17, 15) is 9.59 Å². The molecule has 2 nitrogen and oxygen atoms in total. The Morgan fingerprint density at radius 2 is 2.00 bits per heavy atom. The molecule has 74 valence electrons. The van der Waals surface area contributed by atoms with Gasteiger partial charge in [0.2, 0.25) is 0 Å². The Labute approximate surface area is 79.7 Å². The van der Waals surface area contributed by atoms with Crippen LogP contribution in [0.2, 0.25) is 0 Å². The van der Waals surface area contributed by atoms with E-state index in [1.165, 1.54) is 0 Å². The lowest BCUT2D eigenvalue weighted by molar-refractivity contribution is -0.139. The van der Waals surface area contributed by atoms with Crippen molar-refractivity contribution < 1.29 is 9.59 Å². The van der Waals surface area contributed by atoms with Gasteiger partial charge in [0.25, 0.3) is 0 Å². The largest absolute Gasteiger partial charge is 0.299 e. The number of hydrogen-bond acceptors (Lipinski definition) is 2. The van der Waals surface area contributed by atoms with Gasteiger partial charge in [0.1, 0.15) is 11.6 Å². The van der Waals surface area contributed by atoms with Crippen molar-refractivity contribution in [1.82, 2.24) is 0 Å². The average molecular weight is 182 g/mol. The second kappa shape index (κ2) is 4.03. The summed E-state index contributed by atoms with van der Waals surface area (Å²) in [5, 5.41) is 0. The number of rotatable bonds is 2. The van der Waals surface area contributed by atoms with Gasteiger partial charge in [0.05, 0.1) is 5.92 Å². The summed E-state index contributed by atoms with van der Waals surface area (Å²) in [6.45, 7) is 5.79. The van der Waals surface area contributed by atoms with Crippen LogP contribution in [0, 0.1) is 17.8 Å². The van der Waals surface area contributed by atoms with E-state index in [-0.39, 0.29) is 29.3 Å². The molecule has 0 N–H and O–H groups in total. The zero-order chi connectivity index (χ0) is 10.0. The highest BCUT2D eigenvalue weighted by Gasteiger charge is 2.37. The molecule has 0 bridgehead atoms. The van der Waals surface area contributed by atoms with Gasteiger partial charge in [-0.1, -0.05) is 20.8 Å². The molecule has 1 aliphatic carbocycles. The van der Waals surface area contributed by atoms with E-state index >= 15 is 0 Å². The van der Waals surface area contributed by atoms with Gasteiger partial charge in [0.15, 0.2) is 0 Å². The molecular formula is C11H18O2. The maximum absolute atomic E-state index is 11.7. The second-order valence-electron chi connectivity index (χ2n) is 4.16. The van der Waals surface area contributed by atoms with Crippen LogP contribution < -0.4 is 0 Å². The van der Waals surface area contributed by atoms with Crippen LogP contribution in [0.4, 0.5) is 0 Å². The highest BCUT2D eigenvalue weighted by Crippen LogP contribution is 2.31. The molecule has 0 aliphatic heterocycles. The summed E-state index contributed by atoms with van der Waals surface area (Å²) in [5.41, 5.74) is 0. The van der Waals surface area contributed by atoms with Crippen molar-refractivity contribution in [2.45, 2.75) is 40.0 Å². The summed E-state index contributed by atoms with van der Waals surface area (Å²) in [6.07, 6.45) is 2.46. The van der Waals surface area contributed by atoms with Gasteiger partial charge in [-0.05, 0) is 18.8 Å². The minimum Gasteiger partial charge on any atom is -0.299 e. The molecule has 0 aromatic carbocycles. The Hall–Kier alpha value is -0.660. The standard InChI is InChI=1S/C11H18O2/c1-4-9(12)10-7(2)5-6-8(3)11(10)13/h7-8,10H,4-6H2,1-3H3. The first-order chi connectivity index (χ1) is 6.07. The molecule has 0 radical (unpaired) electrons. The van der Waals surface area contributed by atoms with Crippen molar-refractivity contribution in [3.8, 4) is 0 Å². The van der Waals surface area contributed by atoms with Crippen LogP contribution in [0.3, 0.4) is 0 Å². The van der Waals surface area contributed by atoms with Crippen LogP contribution in [0.5, 0.6) is 0 Å². The van der Waals surface area contributed by atoms with Crippen molar-refractivity contribution >= 4 is 11.6 Å². The summed E-state index contributed by atoms with van der Waals surface area (Å²) >= 11 is 0. The molecule has 1 rings (SSSR count). The van der Waals surface area contributed by atoms with Gasteiger partial charge in [-0.15, -0.1) is 0 Å². The fourth-order valence-corrected chi connectivity index (χ4v) is 2.10. The topological polar surface area (TPSA) is 34.1 Å². The van der Waals surface area contributed by atoms with Crippen LogP contribution in [-0.4, -0.2) is 11.6 Å². The molecular weight excluding hydrogens is 164 g/mol. The normalized spacial score (nSPS) is 34.7. The molecule has 2 heteroatoms. The van der Waals surface area contributed by atoms with E-state index in [4.69, 9.17) is 0 Å². The first-order valence-corrected chi connectivity index (χ1v) is 5.14. The molecule has 0 amide bonds. The average Bonchev–Trinajstić information content (AvgIpc) is 2.12. The third-order valence-corrected chi connectivity index (χ3v) is 3.11. The summed E-state index contributed by atoms with van der Waals surface area (Å²) in [6, 6.07) is 0. The van der Waals surface area contributed by atoms with E-state index < -0.39 is 0 Å². The van der Waals surface area contributed by atoms with Crippen LogP contribution >= 0.6 is 0 Å². The third-order valence-electron chi connectivity index (χ3n) is 3.11. The third kappa shape index (κ3) is 1.98. The molecule has 1 fully saturated rings. The molecule has 0 heterocycles. The zero-order valence-corrected chi connectivity index (χ0v) is 8.67. The van der Waals surface area contributed by atoms with Crippen LogP contribution in [-0.2, 0) is 9.59 Å². The fourth-order valence-electron chi connectivity index (χ4n) is 2.10. The van der Waals surface area contributed by atoms with E-state index in [0.29, 0.717) is 6.42 Å². The monoisotopic (exact) mass is 182 g/mol.